The Labute approximate surface area is 100 Å². The minimum atomic E-state index is -5.81. The van der Waals surface area contributed by atoms with Crippen molar-refractivity contribution in [3.8, 4) is 0 Å². The second-order valence-electron chi connectivity index (χ2n) is 3.98. The molecule has 0 aliphatic heterocycles. The molecule has 0 aliphatic carbocycles. The SMILES string of the molecule is CCCC(F)(F)C(F)(OCC)C(C)(F)C(F)(F)F. The third kappa shape index (κ3) is 2.73. The van der Waals surface area contributed by atoms with E-state index in [1.54, 1.807) is 0 Å². The van der Waals surface area contributed by atoms with Gasteiger partial charge < -0.3 is 4.74 Å². The first-order chi connectivity index (χ1) is 7.87. The summed E-state index contributed by atoms with van der Waals surface area (Å²) in [5.74, 6) is -9.33. The summed E-state index contributed by atoms with van der Waals surface area (Å²) in [6.07, 6.45) is -7.38. The molecule has 0 N–H and O–H groups in total. The maximum atomic E-state index is 14.0. The second-order valence-corrected chi connectivity index (χ2v) is 3.98. The van der Waals surface area contributed by atoms with Crippen LogP contribution < -0.4 is 0 Å². The molecule has 2 atom stereocenters. The van der Waals surface area contributed by atoms with Gasteiger partial charge in [-0.15, -0.1) is 0 Å². The van der Waals surface area contributed by atoms with E-state index in [0.29, 0.717) is 0 Å². The Morgan fingerprint density at radius 2 is 1.33 bits per heavy atom. The molecule has 0 aromatic carbocycles. The standard InChI is InChI=1S/C10H15F7O/c1-4-6-8(12,13)9(14,18-5-2)7(3,11)10(15,16)17/h4-6H2,1-3H3. The number of hydrogen-bond acceptors (Lipinski definition) is 1. The summed E-state index contributed by atoms with van der Waals surface area (Å²) in [7, 11) is 0. The summed E-state index contributed by atoms with van der Waals surface area (Å²) in [5, 5.41) is 0. The fourth-order valence-electron chi connectivity index (χ4n) is 1.44. The minimum absolute atomic E-state index is 0.285. The fourth-order valence-corrected chi connectivity index (χ4v) is 1.44. The Hall–Kier alpha value is -0.530. The summed E-state index contributed by atoms with van der Waals surface area (Å²) in [6, 6.07) is 0. The zero-order valence-corrected chi connectivity index (χ0v) is 10.2. The molecule has 110 valence electrons. The molecular weight excluding hydrogens is 269 g/mol. The van der Waals surface area contributed by atoms with Crippen molar-refractivity contribution >= 4 is 0 Å². The smallest absolute Gasteiger partial charge is 0.339 e. The van der Waals surface area contributed by atoms with E-state index >= 15 is 0 Å². The Morgan fingerprint density at radius 3 is 1.61 bits per heavy atom. The first-order valence-electron chi connectivity index (χ1n) is 5.33. The van der Waals surface area contributed by atoms with E-state index in [-0.39, 0.29) is 13.3 Å². The van der Waals surface area contributed by atoms with Gasteiger partial charge in [0.25, 0.3) is 5.67 Å². The van der Waals surface area contributed by atoms with Gasteiger partial charge in [0, 0.05) is 13.0 Å². The molecule has 0 aromatic rings. The summed E-state index contributed by atoms with van der Waals surface area (Å²) in [4.78, 5) is 0. The quantitative estimate of drug-likeness (QED) is 0.656. The second kappa shape index (κ2) is 5.22. The number of rotatable bonds is 6. The van der Waals surface area contributed by atoms with Crippen LogP contribution in [-0.4, -0.2) is 30.2 Å². The molecule has 0 saturated carbocycles. The summed E-state index contributed by atoms with van der Waals surface area (Å²) >= 11 is 0. The van der Waals surface area contributed by atoms with Crippen LogP contribution >= 0.6 is 0 Å². The van der Waals surface area contributed by atoms with Crippen molar-refractivity contribution in [1.29, 1.82) is 0 Å². The predicted molar refractivity (Wildman–Crippen MR) is 50.9 cm³/mol. The summed E-state index contributed by atoms with van der Waals surface area (Å²) in [6.45, 7) is 1.11. The van der Waals surface area contributed by atoms with Crippen LogP contribution in [-0.2, 0) is 4.74 Å². The Bertz CT molecular complexity index is 274. The van der Waals surface area contributed by atoms with Crippen LogP contribution in [0.3, 0.4) is 0 Å². The topological polar surface area (TPSA) is 9.23 Å². The normalized spacial score (nSPS) is 20.3. The first-order valence-corrected chi connectivity index (χ1v) is 5.33. The van der Waals surface area contributed by atoms with Gasteiger partial charge in [-0.1, -0.05) is 13.3 Å². The third-order valence-corrected chi connectivity index (χ3v) is 2.51. The van der Waals surface area contributed by atoms with Gasteiger partial charge in [-0.2, -0.15) is 13.2 Å². The molecule has 8 heteroatoms. The van der Waals surface area contributed by atoms with Gasteiger partial charge in [-0.3, -0.25) is 0 Å². The molecular formula is C10H15F7O. The highest BCUT2D eigenvalue weighted by molar-refractivity contribution is 5.04. The maximum absolute atomic E-state index is 14.0. The van der Waals surface area contributed by atoms with E-state index in [1.807, 2.05) is 0 Å². The highest BCUT2D eigenvalue weighted by Gasteiger charge is 2.76. The van der Waals surface area contributed by atoms with Gasteiger partial charge in [0.2, 0.25) is 0 Å². The highest BCUT2D eigenvalue weighted by Crippen LogP contribution is 2.52. The zero-order chi connectivity index (χ0) is 14.8. The number of alkyl halides is 7. The molecule has 0 bridgehead atoms. The van der Waals surface area contributed by atoms with Gasteiger partial charge in [0.15, 0.2) is 0 Å². The summed E-state index contributed by atoms with van der Waals surface area (Å²) < 4.78 is 95.4. The number of halogens is 7. The predicted octanol–water partition coefficient (Wildman–Crippen LogP) is 4.41. The molecule has 0 fully saturated rings. The fraction of sp³-hybridized carbons (Fsp3) is 1.00. The van der Waals surface area contributed by atoms with Crippen LogP contribution in [0.4, 0.5) is 30.7 Å². The molecule has 0 aromatic heterocycles. The Kier molecular flexibility index (Phi) is 5.07. The average molecular weight is 284 g/mol. The monoisotopic (exact) mass is 284 g/mol. The van der Waals surface area contributed by atoms with Crippen LogP contribution in [0.2, 0.25) is 0 Å². The van der Waals surface area contributed by atoms with Crippen molar-refractivity contribution in [3.63, 3.8) is 0 Å². The van der Waals surface area contributed by atoms with E-state index in [4.69, 9.17) is 0 Å². The van der Waals surface area contributed by atoms with Crippen molar-refractivity contribution < 1.29 is 35.5 Å². The first kappa shape index (κ1) is 17.5. The zero-order valence-electron chi connectivity index (χ0n) is 10.2. The molecule has 0 aliphatic rings. The lowest BCUT2D eigenvalue weighted by atomic mass is 9.89. The molecule has 18 heavy (non-hydrogen) atoms. The van der Waals surface area contributed by atoms with Crippen LogP contribution in [0.25, 0.3) is 0 Å². The van der Waals surface area contributed by atoms with Crippen molar-refractivity contribution in [1.82, 2.24) is 0 Å². The van der Waals surface area contributed by atoms with E-state index in [2.05, 4.69) is 4.74 Å². The average Bonchev–Trinajstić information content (AvgIpc) is 2.15. The van der Waals surface area contributed by atoms with Gasteiger partial charge in [-0.05, 0) is 13.8 Å². The molecule has 0 amide bonds. The molecule has 0 spiro atoms. The van der Waals surface area contributed by atoms with Crippen LogP contribution in [0.1, 0.15) is 33.6 Å². The van der Waals surface area contributed by atoms with Crippen molar-refractivity contribution in [2.24, 2.45) is 0 Å². The van der Waals surface area contributed by atoms with E-state index in [0.717, 1.165) is 6.92 Å². The van der Waals surface area contributed by atoms with E-state index in [9.17, 15) is 30.7 Å². The molecule has 0 saturated heterocycles. The molecule has 0 radical (unpaired) electrons. The van der Waals surface area contributed by atoms with Crippen molar-refractivity contribution in [2.75, 3.05) is 6.61 Å². The van der Waals surface area contributed by atoms with Crippen molar-refractivity contribution in [3.05, 3.63) is 0 Å². The minimum Gasteiger partial charge on any atom is -0.339 e. The number of ether oxygens (including phenoxy) is 1. The maximum Gasteiger partial charge on any atom is 0.428 e. The van der Waals surface area contributed by atoms with Crippen LogP contribution in [0.5, 0.6) is 0 Å². The Balaban J connectivity index is 5.66. The lowest BCUT2D eigenvalue weighted by Crippen LogP contribution is -2.65. The molecule has 2 unspecified atom stereocenters. The molecule has 0 heterocycles. The lowest BCUT2D eigenvalue weighted by Gasteiger charge is -2.41. The largest absolute Gasteiger partial charge is 0.428 e. The van der Waals surface area contributed by atoms with Gasteiger partial charge in [-0.25, -0.2) is 17.6 Å². The van der Waals surface area contributed by atoms with Gasteiger partial charge in [0.1, 0.15) is 0 Å². The summed E-state index contributed by atoms with van der Waals surface area (Å²) in [5.41, 5.74) is -4.81. The number of hydrogen-bond donors (Lipinski definition) is 0. The Morgan fingerprint density at radius 1 is 0.889 bits per heavy atom. The molecule has 0 rings (SSSR count). The van der Waals surface area contributed by atoms with Crippen molar-refractivity contribution in [2.45, 2.75) is 57.2 Å². The highest BCUT2D eigenvalue weighted by atomic mass is 19.4. The third-order valence-electron chi connectivity index (χ3n) is 2.51. The van der Waals surface area contributed by atoms with Gasteiger partial charge in [0.05, 0.1) is 0 Å². The van der Waals surface area contributed by atoms with Crippen LogP contribution in [0, 0.1) is 0 Å². The van der Waals surface area contributed by atoms with E-state index in [1.165, 1.54) is 6.92 Å². The van der Waals surface area contributed by atoms with Crippen LogP contribution in [0.15, 0.2) is 0 Å². The lowest BCUT2D eigenvalue weighted by molar-refractivity contribution is -0.386. The molecule has 1 nitrogen and oxygen atoms in total. The van der Waals surface area contributed by atoms with Gasteiger partial charge >= 0.3 is 18.0 Å². The van der Waals surface area contributed by atoms with E-state index < -0.39 is 36.7 Å².